The van der Waals surface area contributed by atoms with Crippen molar-refractivity contribution in [1.29, 1.82) is 0 Å². The summed E-state index contributed by atoms with van der Waals surface area (Å²) < 4.78 is 10.4. The molecule has 0 fully saturated rings. The highest BCUT2D eigenvalue weighted by Crippen LogP contribution is 2.25. The van der Waals surface area contributed by atoms with E-state index in [-0.39, 0.29) is 17.2 Å². The van der Waals surface area contributed by atoms with E-state index in [9.17, 15) is 9.59 Å². The molecule has 0 radical (unpaired) electrons. The van der Waals surface area contributed by atoms with E-state index < -0.39 is 0 Å². The number of benzene rings is 1. The Kier molecular flexibility index (Phi) is 4.67. The van der Waals surface area contributed by atoms with E-state index in [1.165, 1.54) is 17.4 Å². The number of ketones is 1. The molecule has 2 heterocycles. The largest absolute Gasteiger partial charge is 0.497 e. The lowest BCUT2D eigenvalue weighted by Crippen LogP contribution is -2.13. The number of ether oxygens (including phenoxy) is 2. The van der Waals surface area contributed by atoms with Gasteiger partial charge in [-0.3, -0.25) is 9.59 Å². The Balaban J connectivity index is 1.92. The van der Waals surface area contributed by atoms with Crippen LogP contribution in [0.1, 0.15) is 21.1 Å². The van der Waals surface area contributed by atoms with E-state index >= 15 is 0 Å². The predicted molar refractivity (Wildman–Crippen MR) is 97.9 cm³/mol. The van der Waals surface area contributed by atoms with Gasteiger partial charge in [-0.1, -0.05) is 0 Å². The number of nitrogens with one attached hydrogen (secondary N) is 1. The standard InChI is InChI=1S/C18H16N2O4S/c1-10-8-13-17(22)19-16(20-18(13)25-10)14(21)7-5-11-4-6-12(23-2)9-15(11)24-3/h4-9H,1-3H3,(H,19,20,22)/b7-5+. The van der Waals surface area contributed by atoms with Crippen molar-refractivity contribution in [1.82, 2.24) is 9.97 Å². The summed E-state index contributed by atoms with van der Waals surface area (Å²) in [5, 5.41) is 0.500. The molecule has 0 atom stereocenters. The number of aromatic amines is 1. The van der Waals surface area contributed by atoms with E-state index in [2.05, 4.69) is 9.97 Å². The first-order valence-corrected chi connectivity index (χ1v) is 8.28. The van der Waals surface area contributed by atoms with E-state index in [0.717, 1.165) is 4.88 Å². The fourth-order valence-electron chi connectivity index (χ4n) is 2.37. The first-order chi connectivity index (χ1) is 12.0. The summed E-state index contributed by atoms with van der Waals surface area (Å²) in [6.45, 7) is 1.89. The van der Waals surface area contributed by atoms with E-state index in [1.54, 1.807) is 44.6 Å². The number of carbonyl (C=O) groups is 1. The number of carbonyl (C=O) groups excluding carboxylic acids is 1. The third kappa shape index (κ3) is 3.46. The number of allylic oxidation sites excluding steroid dienone is 1. The zero-order chi connectivity index (χ0) is 18.0. The van der Waals surface area contributed by atoms with Crippen LogP contribution >= 0.6 is 11.3 Å². The summed E-state index contributed by atoms with van der Waals surface area (Å²) in [5.74, 6) is 0.866. The Labute approximate surface area is 147 Å². The van der Waals surface area contributed by atoms with Gasteiger partial charge in [0.25, 0.3) is 5.56 Å². The van der Waals surface area contributed by atoms with Crippen LogP contribution in [0.2, 0.25) is 0 Å². The van der Waals surface area contributed by atoms with Crippen molar-refractivity contribution in [3.8, 4) is 11.5 Å². The summed E-state index contributed by atoms with van der Waals surface area (Å²) in [4.78, 5) is 32.7. The molecular weight excluding hydrogens is 340 g/mol. The summed E-state index contributed by atoms with van der Waals surface area (Å²) in [5.41, 5.74) is 0.403. The van der Waals surface area contributed by atoms with Crippen LogP contribution in [0.25, 0.3) is 16.3 Å². The molecule has 0 amide bonds. The van der Waals surface area contributed by atoms with Crippen molar-refractivity contribution in [3.05, 3.63) is 57.0 Å². The minimum atomic E-state index is -0.386. The average molecular weight is 356 g/mol. The van der Waals surface area contributed by atoms with Crippen molar-refractivity contribution in [2.75, 3.05) is 14.2 Å². The zero-order valence-electron chi connectivity index (χ0n) is 14.0. The maximum atomic E-state index is 12.4. The lowest BCUT2D eigenvalue weighted by atomic mass is 10.1. The molecule has 0 spiro atoms. The van der Waals surface area contributed by atoms with Gasteiger partial charge in [-0.25, -0.2) is 4.98 Å². The van der Waals surface area contributed by atoms with E-state index in [1.807, 2.05) is 6.92 Å². The normalized spacial score (nSPS) is 11.2. The fraction of sp³-hybridized carbons (Fsp3) is 0.167. The molecule has 2 aromatic heterocycles. The molecule has 0 saturated carbocycles. The second kappa shape index (κ2) is 6.90. The third-order valence-corrected chi connectivity index (χ3v) is 4.56. The molecule has 0 unspecified atom stereocenters. The Morgan fingerprint density at radius 2 is 2.04 bits per heavy atom. The minimum Gasteiger partial charge on any atom is -0.497 e. The zero-order valence-corrected chi connectivity index (χ0v) is 14.8. The molecule has 1 aromatic carbocycles. The smallest absolute Gasteiger partial charge is 0.260 e. The van der Waals surface area contributed by atoms with Crippen molar-refractivity contribution in [3.63, 3.8) is 0 Å². The second-order valence-electron chi connectivity index (χ2n) is 5.30. The summed E-state index contributed by atoms with van der Waals surface area (Å²) >= 11 is 1.38. The summed E-state index contributed by atoms with van der Waals surface area (Å²) in [7, 11) is 3.11. The van der Waals surface area contributed by atoms with Crippen LogP contribution in [-0.4, -0.2) is 30.0 Å². The predicted octanol–water partition coefficient (Wildman–Crippen LogP) is 3.21. The highest BCUT2D eigenvalue weighted by atomic mass is 32.1. The summed E-state index contributed by atoms with van der Waals surface area (Å²) in [6, 6.07) is 7.04. The van der Waals surface area contributed by atoms with Crippen LogP contribution in [0.4, 0.5) is 0 Å². The molecule has 0 aliphatic carbocycles. The van der Waals surface area contributed by atoms with Gasteiger partial charge in [0.1, 0.15) is 16.3 Å². The van der Waals surface area contributed by atoms with Crippen molar-refractivity contribution in [2.24, 2.45) is 0 Å². The van der Waals surface area contributed by atoms with Gasteiger partial charge >= 0.3 is 0 Å². The molecular formula is C18H16N2O4S. The van der Waals surface area contributed by atoms with Crippen molar-refractivity contribution >= 4 is 33.4 Å². The Morgan fingerprint density at radius 1 is 1.24 bits per heavy atom. The number of aryl methyl sites for hydroxylation is 1. The SMILES string of the molecule is COc1ccc(/C=C/C(=O)c2nc3sc(C)cc3c(=O)[nH]2)c(OC)c1. The average Bonchev–Trinajstić information content (AvgIpc) is 3.00. The molecule has 7 heteroatoms. The number of fused-ring (bicyclic) bond motifs is 1. The Bertz CT molecular complexity index is 1030. The summed E-state index contributed by atoms with van der Waals surface area (Å²) in [6.07, 6.45) is 2.97. The van der Waals surface area contributed by atoms with Gasteiger partial charge in [0.15, 0.2) is 5.82 Å². The van der Waals surface area contributed by atoms with Crippen LogP contribution in [0, 0.1) is 6.92 Å². The quantitative estimate of drug-likeness (QED) is 0.561. The molecule has 3 rings (SSSR count). The molecule has 0 bridgehead atoms. The molecule has 128 valence electrons. The Hall–Kier alpha value is -2.93. The van der Waals surface area contributed by atoms with Gasteiger partial charge < -0.3 is 14.5 Å². The van der Waals surface area contributed by atoms with Gasteiger partial charge in [-0.2, -0.15) is 0 Å². The van der Waals surface area contributed by atoms with Crippen LogP contribution in [0.15, 0.2) is 35.1 Å². The van der Waals surface area contributed by atoms with Crippen molar-refractivity contribution in [2.45, 2.75) is 6.92 Å². The topological polar surface area (TPSA) is 81.3 Å². The number of rotatable bonds is 5. The van der Waals surface area contributed by atoms with Gasteiger partial charge in [-0.05, 0) is 37.3 Å². The first kappa shape index (κ1) is 16.9. The van der Waals surface area contributed by atoms with Crippen LogP contribution in [0.3, 0.4) is 0 Å². The number of hydrogen-bond donors (Lipinski definition) is 1. The van der Waals surface area contributed by atoms with E-state index in [4.69, 9.17) is 9.47 Å². The number of hydrogen-bond acceptors (Lipinski definition) is 6. The Morgan fingerprint density at radius 3 is 2.76 bits per heavy atom. The number of thiophene rings is 1. The molecule has 0 saturated heterocycles. The maximum absolute atomic E-state index is 12.4. The van der Waals surface area contributed by atoms with Crippen molar-refractivity contribution < 1.29 is 14.3 Å². The number of H-pyrrole nitrogens is 1. The molecule has 1 N–H and O–H groups in total. The van der Waals surface area contributed by atoms with Crippen LogP contribution in [-0.2, 0) is 0 Å². The van der Waals surface area contributed by atoms with Gasteiger partial charge in [0, 0.05) is 16.5 Å². The lowest BCUT2D eigenvalue weighted by Gasteiger charge is -2.07. The first-order valence-electron chi connectivity index (χ1n) is 7.46. The maximum Gasteiger partial charge on any atom is 0.260 e. The van der Waals surface area contributed by atoms with Gasteiger partial charge in [0.2, 0.25) is 5.78 Å². The monoisotopic (exact) mass is 356 g/mol. The molecule has 0 aliphatic rings. The molecule has 25 heavy (non-hydrogen) atoms. The van der Waals surface area contributed by atoms with Crippen LogP contribution in [0.5, 0.6) is 11.5 Å². The molecule has 0 aliphatic heterocycles. The number of aromatic nitrogens is 2. The van der Waals surface area contributed by atoms with E-state index in [0.29, 0.717) is 27.3 Å². The second-order valence-corrected chi connectivity index (χ2v) is 6.53. The minimum absolute atomic E-state index is 0.0167. The number of nitrogens with zero attached hydrogens (tertiary/aromatic N) is 1. The third-order valence-electron chi connectivity index (χ3n) is 3.61. The van der Waals surface area contributed by atoms with Gasteiger partial charge in [0.05, 0.1) is 19.6 Å². The van der Waals surface area contributed by atoms with Crippen LogP contribution < -0.4 is 15.0 Å². The highest BCUT2D eigenvalue weighted by Gasteiger charge is 2.11. The molecule has 6 nitrogen and oxygen atoms in total. The fourth-order valence-corrected chi connectivity index (χ4v) is 3.25. The van der Waals surface area contributed by atoms with Gasteiger partial charge in [-0.15, -0.1) is 11.3 Å². The molecule has 3 aromatic rings. The highest BCUT2D eigenvalue weighted by molar-refractivity contribution is 7.18. The number of methoxy groups -OCH3 is 2. The lowest BCUT2D eigenvalue weighted by molar-refractivity contribution is 0.103.